The Bertz CT molecular complexity index is 913. The maximum atomic E-state index is 12.1. The zero-order valence-corrected chi connectivity index (χ0v) is 19.3. The third-order valence-corrected chi connectivity index (χ3v) is 6.58. The summed E-state index contributed by atoms with van der Waals surface area (Å²) in [5, 5.41) is 3.16. The third kappa shape index (κ3) is 8.42. The van der Waals surface area contributed by atoms with Crippen molar-refractivity contribution < 1.29 is 17.9 Å². The van der Waals surface area contributed by atoms with Gasteiger partial charge in [-0.05, 0) is 50.8 Å². The highest BCUT2D eigenvalue weighted by molar-refractivity contribution is 7.88. The largest absolute Gasteiger partial charge is 0.458 e. The summed E-state index contributed by atoms with van der Waals surface area (Å²) in [5.74, 6) is -0.429. The topological polar surface area (TPSA) is 76.6 Å². The predicted octanol–water partition coefficient (Wildman–Crippen LogP) is 4.19. The van der Waals surface area contributed by atoms with Crippen molar-refractivity contribution in [3.05, 3.63) is 50.9 Å². The van der Waals surface area contributed by atoms with Gasteiger partial charge in [-0.3, -0.25) is 0 Å². The van der Waals surface area contributed by atoms with Crippen LogP contribution in [0.3, 0.4) is 0 Å². The Morgan fingerprint density at radius 3 is 2.55 bits per heavy atom. The van der Waals surface area contributed by atoms with Crippen molar-refractivity contribution >= 4 is 38.9 Å². The lowest BCUT2D eigenvalue weighted by Gasteiger charge is -2.19. The van der Waals surface area contributed by atoms with E-state index in [1.165, 1.54) is 21.9 Å². The van der Waals surface area contributed by atoms with E-state index < -0.39 is 16.0 Å². The maximum Gasteiger partial charge on any atom is 0.358 e. The van der Waals surface area contributed by atoms with Gasteiger partial charge >= 0.3 is 5.97 Å². The molecule has 0 aliphatic heterocycles. The monoisotopic (exact) mass is 458 g/mol. The van der Waals surface area contributed by atoms with E-state index in [0.717, 1.165) is 23.4 Å². The molecular formula is C20H27ClN2O4S2. The van der Waals surface area contributed by atoms with Crippen LogP contribution in [0.2, 0.25) is 5.02 Å². The van der Waals surface area contributed by atoms with Gasteiger partial charge in [0.1, 0.15) is 0 Å². The molecule has 0 aliphatic rings. The number of sulfonamides is 1. The number of aromatic nitrogens is 1. The maximum absolute atomic E-state index is 12.1. The molecule has 0 saturated heterocycles. The van der Waals surface area contributed by atoms with Crippen molar-refractivity contribution in [2.24, 2.45) is 0 Å². The Kier molecular flexibility index (Phi) is 9.07. The van der Waals surface area contributed by atoms with Crippen LogP contribution in [-0.4, -0.2) is 49.1 Å². The van der Waals surface area contributed by atoms with Gasteiger partial charge in [0.05, 0.1) is 17.4 Å². The van der Waals surface area contributed by atoms with Crippen LogP contribution in [0.1, 0.15) is 47.7 Å². The molecule has 0 saturated carbocycles. The number of carbonyl (C=O) groups excluding carboxylic acids is 1. The summed E-state index contributed by atoms with van der Waals surface area (Å²) in [6.45, 7) is 4.45. The molecule has 2 rings (SSSR count). The van der Waals surface area contributed by atoms with Gasteiger partial charge in [-0.15, -0.1) is 11.3 Å². The standard InChI is InChI=1S/C20H27ClN2O4S2/c1-15(2)27-20(24)18-14-28-19(22-18)10-6-12-23(29(3,25)26)11-5-8-16-7-4-9-17(21)13-16/h4,7,9,13-15H,5-6,8,10-12H2,1-3H3. The van der Waals surface area contributed by atoms with Gasteiger partial charge in [0.25, 0.3) is 0 Å². The van der Waals surface area contributed by atoms with E-state index in [9.17, 15) is 13.2 Å². The molecule has 0 radical (unpaired) electrons. The molecule has 0 unspecified atom stereocenters. The van der Waals surface area contributed by atoms with Crippen molar-refractivity contribution in [1.82, 2.24) is 9.29 Å². The lowest BCUT2D eigenvalue weighted by molar-refractivity contribution is 0.0371. The number of aryl methyl sites for hydroxylation is 2. The molecule has 29 heavy (non-hydrogen) atoms. The summed E-state index contributed by atoms with van der Waals surface area (Å²) in [5.41, 5.74) is 1.40. The summed E-state index contributed by atoms with van der Waals surface area (Å²) >= 11 is 7.38. The number of esters is 1. The van der Waals surface area contributed by atoms with E-state index in [2.05, 4.69) is 4.98 Å². The predicted molar refractivity (Wildman–Crippen MR) is 117 cm³/mol. The first kappa shape index (κ1) is 23.8. The highest BCUT2D eigenvalue weighted by Crippen LogP contribution is 2.16. The lowest BCUT2D eigenvalue weighted by atomic mass is 10.1. The summed E-state index contributed by atoms with van der Waals surface area (Å²) < 4.78 is 30.8. The summed E-state index contributed by atoms with van der Waals surface area (Å²) in [6.07, 6.45) is 3.77. The Morgan fingerprint density at radius 2 is 1.93 bits per heavy atom. The van der Waals surface area contributed by atoms with Crippen LogP contribution >= 0.6 is 22.9 Å². The fraction of sp³-hybridized carbons (Fsp3) is 0.500. The third-order valence-electron chi connectivity index (χ3n) is 4.13. The molecule has 0 spiro atoms. The first-order valence-corrected chi connectivity index (χ1v) is 12.6. The molecular weight excluding hydrogens is 432 g/mol. The van der Waals surface area contributed by atoms with Gasteiger partial charge in [-0.1, -0.05) is 23.7 Å². The van der Waals surface area contributed by atoms with E-state index in [1.54, 1.807) is 19.2 Å². The molecule has 6 nitrogen and oxygen atoms in total. The molecule has 0 atom stereocenters. The van der Waals surface area contributed by atoms with Crippen molar-refractivity contribution in [3.8, 4) is 0 Å². The number of carbonyl (C=O) groups is 1. The van der Waals surface area contributed by atoms with E-state index in [0.29, 0.717) is 36.6 Å². The van der Waals surface area contributed by atoms with E-state index in [1.807, 2.05) is 24.3 Å². The van der Waals surface area contributed by atoms with Crippen LogP contribution < -0.4 is 0 Å². The number of rotatable bonds is 11. The van der Waals surface area contributed by atoms with Crippen LogP contribution in [0.15, 0.2) is 29.6 Å². The second kappa shape index (κ2) is 11.1. The zero-order valence-electron chi connectivity index (χ0n) is 16.9. The number of nitrogens with zero attached hydrogens (tertiary/aromatic N) is 2. The number of benzene rings is 1. The van der Waals surface area contributed by atoms with Crippen LogP contribution in [-0.2, 0) is 27.6 Å². The minimum Gasteiger partial charge on any atom is -0.458 e. The Balaban J connectivity index is 1.83. The van der Waals surface area contributed by atoms with Gasteiger partial charge < -0.3 is 4.74 Å². The van der Waals surface area contributed by atoms with Gasteiger partial charge in [0, 0.05) is 29.9 Å². The molecule has 2 aromatic rings. The van der Waals surface area contributed by atoms with Crippen molar-refractivity contribution in [2.75, 3.05) is 19.3 Å². The molecule has 1 aromatic carbocycles. The highest BCUT2D eigenvalue weighted by Gasteiger charge is 2.17. The van der Waals surface area contributed by atoms with E-state index in [4.69, 9.17) is 16.3 Å². The summed E-state index contributed by atoms with van der Waals surface area (Å²) in [6, 6.07) is 7.60. The van der Waals surface area contributed by atoms with Crippen LogP contribution in [0.25, 0.3) is 0 Å². The lowest BCUT2D eigenvalue weighted by Crippen LogP contribution is -2.32. The first-order chi connectivity index (χ1) is 13.6. The molecule has 0 N–H and O–H groups in total. The molecule has 0 bridgehead atoms. The minimum atomic E-state index is -3.29. The zero-order chi connectivity index (χ0) is 21.4. The van der Waals surface area contributed by atoms with E-state index in [-0.39, 0.29) is 6.10 Å². The Labute approximate surface area is 181 Å². The average molecular weight is 459 g/mol. The Morgan fingerprint density at radius 1 is 1.24 bits per heavy atom. The van der Waals surface area contributed by atoms with Crippen molar-refractivity contribution in [3.63, 3.8) is 0 Å². The summed E-state index contributed by atoms with van der Waals surface area (Å²) in [4.78, 5) is 16.2. The molecule has 1 aromatic heterocycles. The van der Waals surface area contributed by atoms with Gasteiger partial charge in [-0.25, -0.2) is 22.5 Å². The average Bonchev–Trinajstić information content (AvgIpc) is 3.08. The second-order valence-electron chi connectivity index (χ2n) is 7.08. The van der Waals surface area contributed by atoms with E-state index >= 15 is 0 Å². The molecule has 9 heteroatoms. The first-order valence-electron chi connectivity index (χ1n) is 9.50. The Hall–Kier alpha value is -1.48. The van der Waals surface area contributed by atoms with Crippen LogP contribution in [0, 0.1) is 0 Å². The van der Waals surface area contributed by atoms with Crippen LogP contribution in [0.4, 0.5) is 0 Å². The van der Waals surface area contributed by atoms with Gasteiger partial charge in [-0.2, -0.15) is 0 Å². The normalized spacial score (nSPS) is 11.9. The van der Waals surface area contributed by atoms with Crippen molar-refractivity contribution in [2.45, 2.75) is 45.6 Å². The van der Waals surface area contributed by atoms with Gasteiger partial charge in [0.2, 0.25) is 10.0 Å². The number of ether oxygens (including phenoxy) is 1. The fourth-order valence-corrected chi connectivity index (χ4v) is 4.74. The SMILES string of the molecule is CC(C)OC(=O)c1csc(CCCN(CCCc2cccc(Cl)c2)S(C)(=O)=O)n1. The van der Waals surface area contributed by atoms with Gasteiger partial charge in [0.15, 0.2) is 5.69 Å². The number of hydrogen-bond acceptors (Lipinski definition) is 6. The molecule has 160 valence electrons. The molecule has 0 amide bonds. The number of halogens is 1. The fourth-order valence-electron chi connectivity index (χ4n) is 2.80. The molecule has 0 fully saturated rings. The van der Waals surface area contributed by atoms with Crippen molar-refractivity contribution in [1.29, 1.82) is 0 Å². The molecule has 1 heterocycles. The quantitative estimate of drug-likeness (QED) is 0.472. The number of hydrogen-bond donors (Lipinski definition) is 0. The highest BCUT2D eigenvalue weighted by atomic mass is 35.5. The second-order valence-corrected chi connectivity index (χ2v) is 10.4. The number of thiazole rings is 1. The smallest absolute Gasteiger partial charge is 0.358 e. The summed E-state index contributed by atoms with van der Waals surface area (Å²) in [7, 11) is -3.29. The molecule has 0 aliphatic carbocycles. The minimum absolute atomic E-state index is 0.192. The van der Waals surface area contributed by atoms with Crippen LogP contribution in [0.5, 0.6) is 0 Å².